The molecular formula is C32H42BrN3O4S. The zero-order valence-electron chi connectivity index (χ0n) is 24.3. The Morgan fingerprint density at radius 3 is 2.05 bits per heavy atom. The van der Waals surface area contributed by atoms with Crippen LogP contribution in [0, 0.1) is 17.8 Å². The van der Waals surface area contributed by atoms with Crippen LogP contribution in [0.1, 0.15) is 69.9 Å². The van der Waals surface area contributed by atoms with Crippen molar-refractivity contribution in [2.75, 3.05) is 23.7 Å². The first kappa shape index (κ1) is 30.1. The summed E-state index contributed by atoms with van der Waals surface area (Å²) in [7, 11) is -3.76. The Morgan fingerprint density at radius 1 is 0.976 bits per heavy atom. The molecule has 4 bridgehead atoms. The van der Waals surface area contributed by atoms with Crippen LogP contribution in [-0.4, -0.2) is 50.5 Å². The highest BCUT2D eigenvalue weighted by molar-refractivity contribution is 9.10. The van der Waals surface area contributed by atoms with Crippen molar-refractivity contribution in [2.24, 2.45) is 17.8 Å². The molecule has 41 heavy (non-hydrogen) atoms. The topological polar surface area (TPSA) is 86.8 Å². The highest BCUT2D eigenvalue weighted by Crippen LogP contribution is 2.60. The molecule has 0 saturated heterocycles. The minimum atomic E-state index is -3.76. The highest BCUT2D eigenvalue weighted by atomic mass is 79.9. The van der Waals surface area contributed by atoms with E-state index in [4.69, 9.17) is 0 Å². The third kappa shape index (κ3) is 6.66. The zero-order chi connectivity index (χ0) is 29.4. The van der Waals surface area contributed by atoms with E-state index in [1.54, 1.807) is 6.92 Å². The zero-order valence-corrected chi connectivity index (χ0v) is 26.7. The number of halogens is 1. The van der Waals surface area contributed by atoms with Crippen LogP contribution in [0.2, 0.25) is 0 Å². The highest BCUT2D eigenvalue weighted by Gasteiger charge is 2.51. The van der Waals surface area contributed by atoms with Crippen LogP contribution < -0.4 is 9.62 Å². The minimum Gasteiger partial charge on any atom is -0.354 e. The predicted molar refractivity (Wildman–Crippen MR) is 166 cm³/mol. The lowest BCUT2D eigenvalue weighted by Crippen LogP contribution is -2.51. The van der Waals surface area contributed by atoms with Crippen LogP contribution in [0.4, 0.5) is 5.69 Å². The van der Waals surface area contributed by atoms with E-state index in [1.165, 1.54) is 53.3 Å². The lowest BCUT2D eigenvalue weighted by molar-refractivity contribution is -0.139. The molecule has 0 aliphatic heterocycles. The van der Waals surface area contributed by atoms with Crippen LogP contribution >= 0.6 is 15.9 Å². The molecule has 222 valence electrons. The second-order valence-corrected chi connectivity index (χ2v) is 15.5. The lowest BCUT2D eigenvalue weighted by Gasteiger charge is -2.57. The minimum absolute atomic E-state index is 0.190. The number of hydrogen-bond acceptors (Lipinski definition) is 4. The van der Waals surface area contributed by atoms with E-state index in [0.29, 0.717) is 12.2 Å². The number of sulfonamides is 1. The molecule has 1 N–H and O–H groups in total. The predicted octanol–water partition coefficient (Wildman–Crippen LogP) is 5.63. The molecule has 4 saturated carbocycles. The molecule has 4 aliphatic rings. The third-order valence-electron chi connectivity index (χ3n) is 9.47. The van der Waals surface area contributed by atoms with Crippen LogP contribution in [0.5, 0.6) is 0 Å². The standard InChI is InChI=1S/C32H42BrN3O4S/c1-4-13-34-31(38)22(2)35(20-23-5-9-28(33)10-6-23)30(37)21-36(41(3,39)40)29-11-7-27(8-12-29)32-17-24-14-25(18-32)16-26(15-24)19-32/h5-12,22,24-26H,4,13-21H2,1-3H3,(H,34,38). The number of carbonyl (C=O) groups is 2. The number of benzene rings is 2. The first-order valence-corrected chi connectivity index (χ1v) is 17.5. The molecule has 6 rings (SSSR count). The fourth-order valence-corrected chi connectivity index (χ4v) is 8.94. The van der Waals surface area contributed by atoms with Gasteiger partial charge in [0, 0.05) is 17.6 Å². The maximum absolute atomic E-state index is 13.8. The second kappa shape index (κ2) is 12.1. The summed E-state index contributed by atoms with van der Waals surface area (Å²) in [6, 6.07) is 14.7. The Hall–Kier alpha value is -2.39. The van der Waals surface area contributed by atoms with Crippen molar-refractivity contribution >= 4 is 43.5 Å². The van der Waals surface area contributed by atoms with Crippen molar-refractivity contribution < 1.29 is 18.0 Å². The van der Waals surface area contributed by atoms with Gasteiger partial charge < -0.3 is 10.2 Å². The van der Waals surface area contributed by atoms with Gasteiger partial charge in [0.1, 0.15) is 12.6 Å². The average molecular weight is 645 g/mol. The van der Waals surface area contributed by atoms with E-state index >= 15 is 0 Å². The summed E-state index contributed by atoms with van der Waals surface area (Å²) >= 11 is 3.43. The first-order valence-electron chi connectivity index (χ1n) is 14.9. The molecule has 1 atom stereocenters. The van der Waals surface area contributed by atoms with Crippen molar-refractivity contribution in [1.82, 2.24) is 10.2 Å². The normalized spacial score (nSPS) is 25.5. The van der Waals surface area contributed by atoms with Crippen LogP contribution in [0.3, 0.4) is 0 Å². The fourth-order valence-electron chi connectivity index (χ4n) is 7.82. The van der Waals surface area contributed by atoms with Gasteiger partial charge in [-0.15, -0.1) is 0 Å². The molecule has 7 nitrogen and oxygen atoms in total. The first-order chi connectivity index (χ1) is 19.5. The SMILES string of the molecule is CCCNC(=O)C(C)N(Cc1ccc(Br)cc1)C(=O)CN(c1ccc(C23CC4CC(CC(C4)C2)C3)cc1)S(C)(=O)=O. The summed E-state index contributed by atoms with van der Waals surface area (Å²) in [6.07, 6.45) is 9.71. The van der Waals surface area contributed by atoms with Crippen molar-refractivity contribution in [3.05, 3.63) is 64.1 Å². The molecule has 2 amide bonds. The molecular weight excluding hydrogens is 602 g/mol. The molecule has 2 aromatic rings. The molecule has 4 aliphatic carbocycles. The summed E-state index contributed by atoms with van der Waals surface area (Å²) in [5.74, 6) is 1.77. The quantitative estimate of drug-likeness (QED) is 0.344. The van der Waals surface area contributed by atoms with E-state index in [0.717, 1.165) is 40.5 Å². The number of carbonyl (C=O) groups excluding carboxylic acids is 2. The van der Waals surface area contributed by atoms with Gasteiger partial charge in [-0.2, -0.15) is 0 Å². The Balaban J connectivity index is 1.37. The third-order valence-corrected chi connectivity index (χ3v) is 11.1. The summed E-state index contributed by atoms with van der Waals surface area (Å²) in [4.78, 5) is 28.2. The van der Waals surface area contributed by atoms with E-state index < -0.39 is 22.0 Å². The van der Waals surface area contributed by atoms with Gasteiger partial charge in [0.05, 0.1) is 11.9 Å². The van der Waals surface area contributed by atoms with Gasteiger partial charge in [-0.05, 0) is 110 Å². The van der Waals surface area contributed by atoms with Crippen molar-refractivity contribution in [3.63, 3.8) is 0 Å². The van der Waals surface area contributed by atoms with Gasteiger partial charge >= 0.3 is 0 Å². The summed E-state index contributed by atoms with van der Waals surface area (Å²) < 4.78 is 28.1. The van der Waals surface area contributed by atoms with Crippen LogP contribution in [-0.2, 0) is 31.6 Å². The number of hydrogen-bond donors (Lipinski definition) is 1. The second-order valence-electron chi connectivity index (χ2n) is 12.6. The van der Waals surface area contributed by atoms with Gasteiger partial charge in [0.15, 0.2) is 0 Å². The monoisotopic (exact) mass is 643 g/mol. The van der Waals surface area contributed by atoms with Gasteiger partial charge in [0.2, 0.25) is 21.8 Å². The van der Waals surface area contributed by atoms with Crippen molar-refractivity contribution in [3.8, 4) is 0 Å². The van der Waals surface area contributed by atoms with Gasteiger partial charge in [-0.1, -0.05) is 47.1 Å². The lowest BCUT2D eigenvalue weighted by atomic mass is 9.48. The number of nitrogens with one attached hydrogen (secondary N) is 1. The smallest absolute Gasteiger partial charge is 0.244 e. The maximum Gasteiger partial charge on any atom is 0.244 e. The number of anilines is 1. The molecule has 0 heterocycles. The molecule has 0 radical (unpaired) electrons. The van der Waals surface area contributed by atoms with E-state index in [-0.39, 0.29) is 24.4 Å². The number of amides is 2. The van der Waals surface area contributed by atoms with E-state index in [9.17, 15) is 18.0 Å². The van der Waals surface area contributed by atoms with E-state index in [2.05, 4.69) is 33.4 Å². The van der Waals surface area contributed by atoms with Crippen molar-refractivity contribution in [1.29, 1.82) is 0 Å². The fraction of sp³-hybridized carbons (Fsp3) is 0.562. The molecule has 2 aromatic carbocycles. The summed E-state index contributed by atoms with van der Waals surface area (Å²) in [6.45, 7) is 3.98. The van der Waals surface area contributed by atoms with Crippen LogP contribution in [0.15, 0.2) is 53.0 Å². The summed E-state index contributed by atoms with van der Waals surface area (Å²) in [5, 5.41) is 2.87. The average Bonchev–Trinajstić information content (AvgIpc) is 2.92. The molecule has 4 fully saturated rings. The number of nitrogens with zero attached hydrogens (tertiary/aromatic N) is 2. The molecule has 1 unspecified atom stereocenters. The molecule has 0 aromatic heterocycles. The van der Waals surface area contributed by atoms with Gasteiger partial charge in [-0.25, -0.2) is 8.42 Å². The Labute approximate surface area is 253 Å². The number of rotatable bonds is 11. The van der Waals surface area contributed by atoms with Crippen LogP contribution in [0.25, 0.3) is 0 Å². The Kier molecular flexibility index (Phi) is 8.86. The van der Waals surface area contributed by atoms with Gasteiger partial charge in [0.25, 0.3) is 0 Å². The Bertz CT molecular complexity index is 1330. The van der Waals surface area contributed by atoms with Gasteiger partial charge in [-0.3, -0.25) is 13.9 Å². The molecule has 9 heteroatoms. The van der Waals surface area contributed by atoms with Crippen molar-refractivity contribution in [2.45, 2.75) is 76.8 Å². The summed E-state index contributed by atoms with van der Waals surface area (Å²) in [5.41, 5.74) is 2.84. The van der Waals surface area contributed by atoms with E-state index in [1.807, 2.05) is 43.3 Å². The Morgan fingerprint density at radius 2 is 1.54 bits per heavy atom. The molecule has 0 spiro atoms. The largest absolute Gasteiger partial charge is 0.354 e. The maximum atomic E-state index is 13.8.